The van der Waals surface area contributed by atoms with Crippen molar-refractivity contribution in [3.05, 3.63) is 0 Å². The Morgan fingerprint density at radius 3 is 2.83 bits per heavy atom. The van der Waals surface area contributed by atoms with Crippen molar-refractivity contribution in [1.29, 1.82) is 0 Å². The van der Waals surface area contributed by atoms with E-state index in [-0.39, 0.29) is 0 Å². The largest absolute Gasteiger partial charge is 0.383 e. The van der Waals surface area contributed by atoms with Crippen LogP contribution in [0.5, 0.6) is 0 Å². The summed E-state index contributed by atoms with van der Waals surface area (Å²) in [4.78, 5) is 2.63. The Hall–Kier alpha value is 0.230. The van der Waals surface area contributed by atoms with E-state index < -0.39 is 0 Å². The molecule has 1 heterocycles. The van der Waals surface area contributed by atoms with E-state index in [9.17, 15) is 0 Å². The van der Waals surface area contributed by atoms with E-state index in [0.717, 1.165) is 19.2 Å². The van der Waals surface area contributed by atoms with Crippen LogP contribution in [-0.2, 0) is 4.74 Å². The van der Waals surface area contributed by atoms with Gasteiger partial charge in [-0.1, -0.05) is 13.8 Å². The summed E-state index contributed by atoms with van der Waals surface area (Å²) in [5.41, 5.74) is 0. The van der Waals surface area contributed by atoms with Crippen LogP contribution >= 0.6 is 11.8 Å². The summed E-state index contributed by atoms with van der Waals surface area (Å²) in [5.74, 6) is 1.25. The van der Waals surface area contributed by atoms with Crippen LogP contribution in [0.15, 0.2) is 0 Å². The van der Waals surface area contributed by atoms with Crippen molar-refractivity contribution in [3.8, 4) is 0 Å². The minimum atomic E-state index is 0.441. The molecule has 1 N–H and O–H groups in total. The van der Waals surface area contributed by atoms with Gasteiger partial charge in [-0.05, 0) is 25.8 Å². The Labute approximate surface area is 116 Å². The number of ether oxygens (including phenoxy) is 1. The molecule has 1 aliphatic carbocycles. The summed E-state index contributed by atoms with van der Waals surface area (Å²) in [5, 5.41) is 3.65. The van der Waals surface area contributed by atoms with Crippen molar-refractivity contribution in [2.24, 2.45) is 0 Å². The molecule has 0 radical (unpaired) electrons. The second-order valence-electron chi connectivity index (χ2n) is 6.19. The molecule has 0 spiro atoms. The molecule has 1 atom stereocenters. The smallest absolute Gasteiger partial charge is 0.0630 e. The number of nitrogens with one attached hydrogen (secondary N) is 1. The van der Waals surface area contributed by atoms with Crippen molar-refractivity contribution in [3.63, 3.8) is 0 Å². The first-order valence-electron chi connectivity index (χ1n) is 7.21. The third-order valence-electron chi connectivity index (χ3n) is 3.97. The molecule has 0 aromatic carbocycles. The van der Waals surface area contributed by atoms with E-state index in [1.165, 1.54) is 38.1 Å². The molecule has 1 aliphatic heterocycles. The maximum absolute atomic E-state index is 5.41. The maximum atomic E-state index is 5.41. The third-order valence-corrected chi connectivity index (χ3v) is 5.34. The molecule has 1 saturated carbocycles. The average molecular weight is 272 g/mol. The number of rotatable bonds is 6. The van der Waals surface area contributed by atoms with Crippen LogP contribution in [0.3, 0.4) is 0 Å². The van der Waals surface area contributed by atoms with Crippen LogP contribution in [0, 0.1) is 0 Å². The molecule has 3 nitrogen and oxygen atoms in total. The van der Waals surface area contributed by atoms with Gasteiger partial charge in [0.2, 0.25) is 0 Å². The van der Waals surface area contributed by atoms with E-state index in [1.807, 2.05) is 7.11 Å². The van der Waals surface area contributed by atoms with E-state index >= 15 is 0 Å². The molecule has 18 heavy (non-hydrogen) atoms. The number of hydrogen-bond donors (Lipinski definition) is 1. The fourth-order valence-electron chi connectivity index (χ4n) is 2.48. The minimum Gasteiger partial charge on any atom is -0.383 e. The normalized spacial score (nSPS) is 26.8. The lowest BCUT2D eigenvalue weighted by molar-refractivity contribution is 0.0920. The molecule has 1 saturated heterocycles. The molecular weight excluding hydrogens is 244 g/mol. The molecule has 2 aliphatic rings. The van der Waals surface area contributed by atoms with Gasteiger partial charge in [-0.25, -0.2) is 0 Å². The van der Waals surface area contributed by atoms with Gasteiger partial charge in [-0.3, -0.25) is 4.90 Å². The van der Waals surface area contributed by atoms with Gasteiger partial charge in [0.25, 0.3) is 0 Å². The van der Waals surface area contributed by atoms with Crippen LogP contribution in [0.2, 0.25) is 0 Å². The Morgan fingerprint density at radius 1 is 1.39 bits per heavy atom. The first-order chi connectivity index (χ1) is 8.61. The summed E-state index contributed by atoms with van der Waals surface area (Å²) in [6.07, 6.45) is 4.01. The highest BCUT2D eigenvalue weighted by Crippen LogP contribution is 2.31. The fourth-order valence-corrected chi connectivity index (χ4v) is 3.59. The van der Waals surface area contributed by atoms with Gasteiger partial charge in [-0.2, -0.15) is 11.8 Å². The summed E-state index contributed by atoms with van der Waals surface area (Å²) in [6.45, 7) is 9.09. The van der Waals surface area contributed by atoms with Crippen molar-refractivity contribution >= 4 is 11.8 Å². The lowest BCUT2D eigenvalue weighted by atomic mass is 10.1. The fraction of sp³-hybridized carbons (Fsp3) is 1.00. The molecule has 4 heteroatoms. The number of thioether (sulfide) groups is 1. The van der Waals surface area contributed by atoms with Gasteiger partial charge in [0, 0.05) is 42.8 Å². The van der Waals surface area contributed by atoms with E-state index in [1.54, 1.807) is 0 Å². The lowest BCUT2D eigenvalue weighted by Crippen LogP contribution is -2.46. The maximum Gasteiger partial charge on any atom is 0.0630 e. The van der Waals surface area contributed by atoms with Gasteiger partial charge >= 0.3 is 0 Å². The topological polar surface area (TPSA) is 24.5 Å². The molecule has 0 bridgehead atoms. The molecule has 2 rings (SSSR count). The van der Waals surface area contributed by atoms with Gasteiger partial charge in [0.15, 0.2) is 0 Å². The Kier molecular flexibility index (Phi) is 5.36. The molecular formula is C14H28N2OS. The standard InChI is InChI=1S/C14H28N2OS/c1-14(2)6-7-16(8-9-18-14)13(11-17-3)10-15-12-4-5-12/h12-13,15H,4-11H2,1-3H3. The summed E-state index contributed by atoms with van der Waals surface area (Å²) < 4.78 is 5.85. The van der Waals surface area contributed by atoms with Gasteiger partial charge in [0.05, 0.1) is 6.61 Å². The van der Waals surface area contributed by atoms with E-state index in [2.05, 4.69) is 35.8 Å². The summed E-state index contributed by atoms with van der Waals surface area (Å²) >= 11 is 2.11. The highest BCUT2D eigenvalue weighted by atomic mass is 32.2. The van der Waals surface area contributed by atoms with Crippen LogP contribution in [0.25, 0.3) is 0 Å². The Bertz CT molecular complexity index is 256. The zero-order valence-electron chi connectivity index (χ0n) is 12.1. The molecule has 0 aromatic heterocycles. The lowest BCUT2D eigenvalue weighted by Gasteiger charge is -2.30. The van der Waals surface area contributed by atoms with Gasteiger partial charge < -0.3 is 10.1 Å². The molecule has 2 fully saturated rings. The molecule has 0 aromatic rings. The highest BCUT2D eigenvalue weighted by molar-refractivity contribution is 8.00. The monoisotopic (exact) mass is 272 g/mol. The summed E-state index contributed by atoms with van der Waals surface area (Å²) in [6, 6.07) is 1.34. The first-order valence-corrected chi connectivity index (χ1v) is 8.19. The minimum absolute atomic E-state index is 0.441. The predicted molar refractivity (Wildman–Crippen MR) is 79.4 cm³/mol. The third kappa shape index (κ3) is 4.72. The van der Waals surface area contributed by atoms with Crippen LogP contribution in [0.1, 0.15) is 33.1 Å². The molecule has 106 valence electrons. The zero-order valence-corrected chi connectivity index (χ0v) is 12.9. The van der Waals surface area contributed by atoms with Gasteiger partial charge in [0.1, 0.15) is 0 Å². The van der Waals surface area contributed by atoms with Crippen molar-refractivity contribution in [2.75, 3.05) is 39.1 Å². The highest BCUT2D eigenvalue weighted by Gasteiger charge is 2.28. The second-order valence-corrected chi connectivity index (χ2v) is 7.99. The number of nitrogens with zero attached hydrogens (tertiary/aromatic N) is 1. The predicted octanol–water partition coefficient (Wildman–Crippen LogP) is 1.97. The van der Waals surface area contributed by atoms with Crippen molar-refractivity contribution < 1.29 is 4.74 Å². The van der Waals surface area contributed by atoms with Crippen molar-refractivity contribution in [2.45, 2.75) is 49.9 Å². The number of hydrogen-bond acceptors (Lipinski definition) is 4. The zero-order chi connectivity index (χ0) is 13.0. The average Bonchev–Trinajstić information content (AvgIpc) is 3.12. The number of methoxy groups -OCH3 is 1. The van der Waals surface area contributed by atoms with E-state index in [4.69, 9.17) is 4.74 Å². The van der Waals surface area contributed by atoms with Crippen molar-refractivity contribution in [1.82, 2.24) is 10.2 Å². The SMILES string of the molecule is COCC(CNC1CC1)N1CCSC(C)(C)CC1. The quantitative estimate of drug-likeness (QED) is 0.799. The van der Waals surface area contributed by atoms with Gasteiger partial charge in [-0.15, -0.1) is 0 Å². The van der Waals surface area contributed by atoms with E-state index in [0.29, 0.717) is 10.8 Å². The Balaban J connectivity index is 1.83. The van der Waals surface area contributed by atoms with Crippen LogP contribution in [0.4, 0.5) is 0 Å². The molecule has 0 amide bonds. The van der Waals surface area contributed by atoms with Crippen LogP contribution in [-0.4, -0.2) is 60.8 Å². The Morgan fingerprint density at radius 2 is 2.17 bits per heavy atom. The molecule has 1 unspecified atom stereocenters. The van der Waals surface area contributed by atoms with Crippen LogP contribution < -0.4 is 5.32 Å². The second kappa shape index (κ2) is 6.60. The first kappa shape index (κ1) is 14.6. The summed E-state index contributed by atoms with van der Waals surface area (Å²) in [7, 11) is 1.82.